The zero-order chi connectivity index (χ0) is 19.9. The number of carbonyl (C=O) groups excluding carboxylic acids is 3. The number of amides is 3. The highest BCUT2D eigenvalue weighted by atomic mass is 32.2. The number of hydrogen-bond acceptors (Lipinski definition) is 5. The van der Waals surface area contributed by atoms with Gasteiger partial charge in [-0.25, -0.2) is 13.2 Å². The number of rotatable bonds is 5. The molecule has 0 bridgehead atoms. The molecule has 3 heterocycles. The molecule has 2 fully saturated rings. The molecule has 0 spiro atoms. The summed E-state index contributed by atoms with van der Waals surface area (Å²) in [6.45, 7) is 3.18. The SMILES string of the molecule is C#CC[C@@H]1NC(=O)N(CC(=O)c2cc(C)n([C@H]3CCS(=O)(=O)C3)c2C)C1=O. The quantitative estimate of drug-likeness (QED) is 0.449. The predicted octanol–water partition coefficient (Wildman–Crippen LogP) is 0.591. The van der Waals surface area contributed by atoms with E-state index >= 15 is 0 Å². The smallest absolute Gasteiger partial charge is 0.325 e. The van der Waals surface area contributed by atoms with Crippen LogP contribution in [0.15, 0.2) is 6.07 Å². The molecule has 1 aromatic rings. The number of terminal acetylenes is 1. The van der Waals surface area contributed by atoms with Crippen molar-refractivity contribution in [3.63, 3.8) is 0 Å². The van der Waals surface area contributed by atoms with E-state index in [1.807, 2.05) is 11.5 Å². The van der Waals surface area contributed by atoms with Crippen molar-refractivity contribution in [1.82, 2.24) is 14.8 Å². The molecule has 27 heavy (non-hydrogen) atoms. The minimum absolute atomic E-state index is 0.0533. The Hall–Kier alpha value is -2.60. The van der Waals surface area contributed by atoms with Crippen LogP contribution in [0, 0.1) is 26.2 Å². The van der Waals surface area contributed by atoms with Gasteiger partial charge in [0.2, 0.25) is 0 Å². The third kappa shape index (κ3) is 3.49. The molecule has 2 atom stereocenters. The summed E-state index contributed by atoms with van der Waals surface area (Å²) in [7, 11) is -3.06. The van der Waals surface area contributed by atoms with Crippen LogP contribution in [0.25, 0.3) is 0 Å². The summed E-state index contributed by atoms with van der Waals surface area (Å²) >= 11 is 0. The van der Waals surface area contributed by atoms with Crippen LogP contribution in [0.2, 0.25) is 0 Å². The first kappa shape index (κ1) is 19.2. The summed E-state index contributed by atoms with van der Waals surface area (Å²) in [5.74, 6) is 1.63. The number of nitrogens with zero attached hydrogens (tertiary/aromatic N) is 2. The Morgan fingerprint density at radius 3 is 2.67 bits per heavy atom. The first-order valence-corrected chi connectivity index (χ1v) is 10.4. The lowest BCUT2D eigenvalue weighted by atomic mass is 10.1. The molecule has 1 N–H and O–H groups in total. The van der Waals surface area contributed by atoms with Crippen molar-refractivity contribution in [2.75, 3.05) is 18.1 Å². The molecule has 0 aliphatic carbocycles. The van der Waals surface area contributed by atoms with Gasteiger partial charge in [-0.05, 0) is 26.3 Å². The van der Waals surface area contributed by atoms with Crippen LogP contribution in [-0.4, -0.2) is 59.7 Å². The summed E-state index contributed by atoms with van der Waals surface area (Å²) in [6, 6.07) is 0.0453. The van der Waals surface area contributed by atoms with E-state index in [-0.39, 0.29) is 36.3 Å². The number of aromatic nitrogens is 1. The van der Waals surface area contributed by atoms with Crippen molar-refractivity contribution in [3.8, 4) is 12.3 Å². The van der Waals surface area contributed by atoms with E-state index in [2.05, 4.69) is 11.2 Å². The number of hydrogen-bond donors (Lipinski definition) is 1. The van der Waals surface area contributed by atoms with E-state index in [0.717, 1.165) is 10.6 Å². The van der Waals surface area contributed by atoms with Gasteiger partial charge in [0.25, 0.3) is 5.91 Å². The third-order valence-electron chi connectivity index (χ3n) is 5.09. The number of ketones is 1. The highest BCUT2D eigenvalue weighted by molar-refractivity contribution is 7.91. The molecule has 0 unspecified atom stereocenters. The van der Waals surface area contributed by atoms with Gasteiger partial charge in [-0.3, -0.25) is 14.5 Å². The Labute approximate surface area is 157 Å². The van der Waals surface area contributed by atoms with Crippen LogP contribution in [0.4, 0.5) is 4.79 Å². The Morgan fingerprint density at radius 1 is 1.37 bits per heavy atom. The average Bonchev–Trinajstić information content (AvgIpc) is 3.17. The maximum Gasteiger partial charge on any atom is 0.325 e. The third-order valence-corrected chi connectivity index (χ3v) is 6.84. The monoisotopic (exact) mass is 391 g/mol. The number of nitrogens with one attached hydrogen (secondary N) is 1. The zero-order valence-electron chi connectivity index (χ0n) is 15.2. The van der Waals surface area contributed by atoms with Gasteiger partial charge in [0.05, 0.1) is 18.1 Å². The molecule has 0 aromatic carbocycles. The second-order valence-electron chi connectivity index (χ2n) is 6.97. The summed E-state index contributed by atoms with van der Waals surface area (Å²) < 4.78 is 25.4. The van der Waals surface area contributed by atoms with Gasteiger partial charge in [-0.1, -0.05) is 0 Å². The largest absolute Gasteiger partial charge is 0.344 e. The second-order valence-corrected chi connectivity index (χ2v) is 9.20. The van der Waals surface area contributed by atoms with Crippen molar-refractivity contribution in [2.45, 2.75) is 38.8 Å². The molecule has 0 radical (unpaired) electrons. The molecule has 144 valence electrons. The van der Waals surface area contributed by atoms with E-state index in [4.69, 9.17) is 6.42 Å². The second kappa shape index (κ2) is 6.85. The van der Waals surface area contributed by atoms with Gasteiger partial charge in [0.1, 0.15) is 6.04 Å². The Bertz CT molecular complexity index is 970. The number of imide groups is 1. The van der Waals surface area contributed by atoms with Gasteiger partial charge in [-0.2, -0.15) is 0 Å². The van der Waals surface area contributed by atoms with Crippen molar-refractivity contribution in [3.05, 3.63) is 23.0 Å². The van der Waals surface area contributed by atoms with E-state index in [1.165, 1.54) is 0 Å². The highest BCUT2D eigenvalue weighted by Crippen LogP contribution is 2.29. The van der Waals surface area contributed by atoms with Gasteiger partial charge >= 0.3 is 6.03 Å². The molecular formula is C18H21N3O5S. The average molecular weight is 391 g/mol. The van der Waals surface area contributed by atoms with E-state index < -0.39 is 27.8 Å². The number of urea groups is 1. The summed E-state index contributed by atoms with van der Waals surface area (Å²) in [6.07, 6.45) is 5.76. The highest BCUT2D eigenvalue weighted by Gasteiger charge is 2.39. The predicted molar refractivity (Wildman–Crippen MR) is 98.0 cm³/mol. The van der Waals surface area contributed by atoms with Gasteiger partial charge in [0, 0.05) is 29.4 Å². The molecule has 2 aliphatic rings. The van der Waals surface area contributed by atoms with E-state index in [9.17, 15) is 22.8 Å². The fourth-order valence-electron chi connectivity index (χ4n) is 3.81. The molecule has 3 rings (SSSR count). The van der Waals surface area contributed by atoms with Gasteiger partial charge in [-0.15, -0.1) is 12.3 Å². The Balaban J connectivity index is 1.81. The lowest BCUT2D eigenvalue weighted by Crippen LogP contribution is -2.36. The molecule has 8 nitrogen and oxygen atoms in total. The number of aryl methyl sites for hydroxylation is 1. The minimum Gasteiger partial charge on any atom is -0.344 e. The fraction of sp³-hybridized carbons (Fsp3) is 0.500. The van der Waals surface area contributed by atoms with Crippen LogP contribution >= 0.6 is 0 Å². The Morgan fingerprint density at radius 2 is 2.07 bits per heavy atom. The van der Waals surface area contributed by atoms with Crippen molar-refractivity contribution >= 4 is 27.6 Å². The van der Waals surface area contributed by atoms with Crippen molar-refractivity contribution < 1.29 is 22.8 Å². The summed E-state index contributed by atoms with van der Waals surface area (Å²) in [4.78, 5) is 37.8. The number of sulfone groups is 1. The molecular weight excluding hydrogens is 370 g/mol. The maximum absolute atomic E-state index is 12.7. The molecule has 0 saturated carbocycles. The molecule has 2 aliphatic heterocycles. The lowest BCUT2D eigenvalue weighted by molar-refractivity contribution is -0.127. The standard InChI is InChI=1S/C18H21N3O5S/c1-4-5-15-17(23)20(18(24)19-15)9-16(22)14-8-11(2)21(12(14)3)13-6-7-27(25,26)10-13/h1,8,13,15H,5-7,9-10H2,2-3H3,(H,19,24)/t13-,15-/m0/s1. The lowest BCUT2D eigenvalue weighted by Gasteiger charge is -2.16. The normalized spacial score (nSPS) is 24.1. The zero-order valence-corrected chi connectivity index (χ0v) is 16.0. The van der Waals surface area contributed by atoms with Crippen LogP contribution < -0.4 is 5.32 Å². The molecule has 2 saturated heterocycles. The van der Waals surface area contributed by atoms with Crippen LogP contribution in [0.3, 0.4) is 0 Å². The van der Waals surface area contributed by atoms with Gasteiger partial charge < -0.3 is 9.88 Å². The first-order chi connectivity index (χ1) is 12.6. The Kier molecular flexibility index (Phi) is 4.86. The van der Waals surface area contributed by atoms with Crippen LogP contribution in [-0.2, 0) is 14.6 Å². The molecule has 9 heteroatoms. The van der Waals surface area contributed by atoms with Gasteiger partial charge in [0.15, 0.2) is 15.6 Å². The molecule has 1 aromatic heterocycles. The maximum atomic E-state index is 12.7. The van der Waals surface area contributed by atoms with Crippen LogP contribution in [0.5, 0.6) is 0 Å². The first-order valence-electron chi connectivity index (χ1n) is 8.62. The topological polar surface area (TPSA) is 106 Å². The van der Waals surface area contributed by atoms with Crippen molar-refractivity contribution in [2.24, 2.45) is 0 Å². The number of carbonyl (C=O) groups is 3. The van der Waals surface area contributed by atoms with Crippen LogP contribution in [0.1, 0.15) is 40.6 Å². The minimum atomic E-state index is -3.06. The fourth-order valence-corrected chi connectivity index (χ4v) is 5.51. The summed E-state index contributed by atoms with van der Waals surface area (Å²) in [5.41, 5.74) is 1.81. The van der Waals surface area contributed by atoms with E-state index in [0.29, 0.717) is 17.7 Å². The molecule has 3 amide bonds. The number of Topliss-reactive ketones (excluding diaryl/α,β-unsaturated/α-hetero) is 1. The summed E-state index contributed by atoms with van der Waals surface area (Å²) in [5, 5.41) is 2.47. The van der Waals surface area contributed by atoms with Crippen molar-refractivity contribution in [1.29, 1.82) is 0 Å². The van der Waals surface area contributed by atoms with E-state index in [1.54, 1.807) is 13.0 Å².